The number of sulfonamides is 1. The molecule has 100 valence electrons. The molecule has 4 nitrogen and oxygen atoms in total. The Morgan fingerprint density at radius 3 is 2.53 bits per heavy atom. The summed E-state index contributed by atoms with van der Waals surface area (Å²) in [4.78, 5) is 3.60. The summed E-state index contributed by atoms with van der Waals surface area (Å²) < 4.78 is 39.4. The topological polar surface area (TPSA) is 59.1 Å². The number of aromatic nitrogens is 1. The fourth-order valence-electron chi connectivity index (χ4n) is 1.38. The maximum absolute atomic E-state index is 13.1. The SMILES string of the molecule is O=S(=O)(Nc1cc(F)cc(Cl)c1)c1ccnc(Cl)c1. The number of nitrogens with zero attached hydrogens (tertiary/aromatic N) is 1. The third-order valence-electron chi connectivity index (χ3n) is 2.12. The lowest BCUT2D eigenvalue weighted by molar-refractivity contribution is 0.601. The summed E-state index contributed by atoms with van der Waals surface area (Å²) in [5, 5.41) is 0.130. The Balaban J connectivity index is 2.36. The first-order chi connectivity index (χ1) is 8.87. The molecule has 0 amide bonds. The molecule has 1 aromatic carbocycles. The van der Waals surface area contributed by atoms with E-state index in [2.05, 4.69) is 9.71 Å². The molecule has 0 saturated carbocycles. The molecule has 0 saturated heterocycles. The molecule has 0 aliphatic rings. The third kappa shape index (κ3) is 3.56. The summed E-state index contributed by atoms with van der Waals surface area (Å²) in [7, 11) is -3.87. The van der Waals surface area contributed by atoms with Gasteiger partial charge >= 0.3 is 0 Å². The minimum atomic E-state index is -3.87. The molecule has 1 N–H and O–H groups in total. The molecule has 0 aliphatic carbocycles. The average molecular weight is 321 g/mol. The van der Waals surface area contributed by atoms with E-state index in [4.69, 9.17) is 23.2 Å². The van der Waals surface area contributed by atoms with Gasteiger partial charge in [0.1, 0.15) is 11.0 Å². The molecule has 19 heavy (non-hydrogen) atoms. The molecule has 0 bridgehead atoms. The second-order valence-electron chi connectivity index (χ2n) is 3.58. The van der Waals surface area contributed by atoms with Crippen molar-refractivity contribution in [1.29, 1.82) is 0 Å². The van der Waals surface area contributed by atoms with Crippen LogP contribution in [0.1, 0.15) is 0 Å². The first-order valence-electron chi connectivity index (χ1n) is 4.97. The molecule has 0 atom stereocenters. The van der Waals surface area contributed by atoms with E-state index >= 15 is 0 Å². The monoisotopic (exact) mass is 320 g/mol. The maximum Gasteiger partial charge on any atom is 0.262 e. The van der Waals surface area contributed by atoms with Crippen LogP contribution >= 0.6 is 23.2 Å². The first kappa shape index (κ1) is 14.0. The van der Waals surface area contributed by atoms with Gasteiger partial charge in [-0.3, -0.25) is 4.72 Å². The van der Waals surface area contributed by atoms with Crippen molar-refractivity contribution in [2.24, 2.45) is 0 Å². The summed E-state index contributed by atoms with van der Waals surface area (Å²) in [5.74, 6) is -0.641. The third-order valence-corrected chi connectivity index (χ3v) is 3.93. The van der Waals surface area contributed by atoms with Crippen LogP contribution in [0, 0.1) is 5.82 Å². The Hall–Kier alpha value is -1.37. The minimum absolute atomic E-state index is 0.0259. The molecule has 0 radical (unpaired) electrons. The van der Waals surface area contributed by atoms with Gasteiger partial charge in [0.2, 0.25) is 0 Å². The summed E-state index contributed by atoms with van der Waals surface area (Å²) in [6, 6.07) is 5.85. The summed E-state index contributed by atoms with van der Waals surface area (Å²) in [6.45, 7) is 0. The number of pyridine rings is 1. The molecule has 2 aromatic rings. The molecule has 1 heterocycles. The zero-order valence-corrected chi connectivity index (χ0v) is 11.6. The Morgan fingerprint density at radius 2 is 1.89 bits per heavy atom. The van der Waals surface area contributed by atoms with Crippen molar-refractivity contribution >= 4 is 38.9 Å². The van der Waals surface area contributed by atoms with Crippen molar-refractivity contribution in [3.63, 3.8) is 0 Å². The van der Waals surface area contributed by atoms with Crippen molar-refractivity contribution in [3.05, 3.63) is 52.5 Å². The number of hydrogen-bond donors (Lipinski definition) is 1. The van der Waals surface area contributed by atoms with Crippen LogP contribution in [0.2, 0.25) is 10.2 Å². The smallest absolute Gasteiger partial charge is 0.262 e. The molecule has 0 spiro atoms. The molecule has 1 aromatic heterocycles. The zero-order chi connectivity index (χ0) is 14.0. The fourth-order valence-corrected chi connectivity index (χ4v) is 2.89. The van der Waals surface area contributed by atoms with Gasteiger partial charge in [-0.1, -0.05) is 23.2 Å². The van der Waals surface area contributed by atoms with Crippen LogP contribution in [0.3, 0.4) is 0 Å². The summed E-state index contributed by atoms with van der Waals surface area (Å²) in [5.41, 5.74) is 0.0259. The van der Waals surface area contributed by atoms with Gasteiger partial charge in [0.05, 0.1) is 10.6 Å². The van der Waals surface area contributed by atoms with Gasteiger partial charge < -0.3 is 0 Å². The second kappa shape index (κ2) is 5.32. The Kier molecular flexibility index (Phi) is 3.93. The van der Waals surface area contributed by atoms with Crippen molar-refractivity contribution in [3.8, 4) is 0 Å². The standard InChI is InChI=1S/C11H7Cl2FN2O2S/c12-7-3-8(14)5-9(4-7)16-19(17,18)10-1-2-15-11(13)6-10/h1-6,16H. The predicted octanol–water partition coefficient (Wildman–Crippen LogP) is 3.33. The molecular weight excluding hydrogens is 314 g/mol. The second-order valence-corrected chi connectivity index (χ2v) is 6.08. The maximum atomic E-state index is 13.1. The van der Waals surface area contributed by atoms with E-state index in [1.165, 1.54) is 24.4 Å². The van der Waals surface area contributed by atoms with Gasteiger partial charge in [-0.25, -0.2) is 17.8 Å². The van der Waals surface area contributed by atoms with Crippen LogP contribution in [-0.4, -0.2) is 13.4 Å². The lowest BCUT2D eigenvalue weighted by atomic mass is 10.3. The Morgan fingerprint density at radius 1 is 1.16 bits per heavy atom. The lowest BCUT2D eigenvalue weighted by Crippen LogP contribution is -2.13. The molecule has 2 rings (SSSR count). The van der Waals surface area contributed by atoms with Crippen molar-refractivity contribution in [1.82, 2.24) is 4.98 Å². The molecule has 8 heteroatoms. The largest absolute Gasteiger partial charge is 0.279 e. The van der Waals surface area contributed by atoms with E-state index in [9.17, 15) is 12.8 Å². The highest BCUT2D eigenvalue weighted by Gasteiger charge is 2.15. The number of benzene rings is 1. The number of halogens is 3. The average Bonchev–Trinajstić information content (AvgIpc) is 2.26. The highest BCUT2D eigenvalue weighted by molar-refractivity contribution is 7.92. The summed E-state index contributed by atoms with van der Waals surface area (Å²) in [6.07, 6.45) is 1.26. The molecule has 0 unspecified atom stereocenters. The van der Waals surface area contributed by atoms with E-state index in [0.717, 1.165) is 12.1 Å². The van der Waals surface area contributed by atoms with Crippen molar-refractivity contribution in [2.75, 3.05) is 4.72 Å². The van der Waals surface area contributed by atoms with Gasteiger partial charge in [-0.15, -0.1) is 0 Å². The molecule has 0 aliphatic heterocycles. The van der Waals surface area contributed by atoms with Gasteiger partial charge in [0, 0.05) is 11.2 Å². The fraction of sp³-hybridized carbons (Fsp3) is 0. The van der Waals surface area contributed by atoms with E-state index in [-0.39, 0.29) is 20.8 Å². The number of nitrogens with one attached hydrogen (secondary N) is 1. The van der Waals surface area contributed by atoms with Crippen LogP contribution in [-0.2, 0) is 10.0 Å². The van der Waals surface area contributed by atoms with E-state index in [1.54, 1.807) is 0 Å². The quantitative estimate of drug-likeness (QED) is 0.882. The minimum Gasteiger partial charge on any atom is -0.279 e. The Bertz CT molecular complexity index is 702. The van der Waals surface area contributed by atoms with Crippen molar-refractivity contribution < 1.29 is 12.8 Å². The predicted molar refractivity (Wildman–Crippen MR) is 71.5 cm³/mol. The van der Waals surface area contributed by atoms with Gasteiger partial charge in [0.25, 0.3) is 10.0 Å². The number of rotatable bonds is 3. The Labute approximate surface area is 119 Å². The van der Waals surface area contributed by atoms with Crippen LogP contribution in [0.15, 0.2) is 41.4 Å². The zero-order valence-electron chi connectivity index (χ0n) is 9.27. The normalized spacial score (nSPS) is 11.3. The first-order valence-corrected chi connectivity index (χ1v) is 7.21. The van der Waals surface area contributed by atoms with E-state index < -0.39 is 15.8 Å². The van der Waals surface area contributed by atoms with Crippen molar-refractivity contribution in [2.45, 2.75) is 4.90 Å². The number of anilines is 1. The number of hydrogen-bond acceptors (Lipinski definition) is 3. The van der Waals surface area contributed by atoms with E-state index in [1.807, 2.05) is 0 Å². The highest BCUT2D eigenvalue weighted by Crippen LogP contribution is 2.22. The van der Waals surface area contributed by atoms with E-state index in [0.29, 0.717) is 0 Å². The van der Waals surface area contributed by atoms with Gasteiger partial charge in [-0.05, 0) is 30.3 Å². The van der Waals surface area contributed by atoms with Crippen LogP contribution in [0.25, 0.3) is 0 Å². The molecular formula is C11H7Cl2FN2O2S. The van der Waals surface area contributed by atoms with Crippen LogP contribution in [0.5, 0.6) is 0 Å². The van der Waals surface area contributed by atoms with Crippen LogP contribution in [0.4, 0.5) is 10.1 Å². The van der Waals surface area contributed by atoms with Gasteiger partial charge in [-0.2, -0.15) is 0 Å². The highest BCUT2D eigenvalue weighted by atomic mass is 35.5. The lowest BCUT2D eigenvalue weighted by Gasteiger charge is -2.08. The summed E-state index contributed by atoms with van der Waals surface area (Å²) >= 11 is 11.3. The van der Waals surface area contributed by atoms with Gasteiger partial charge in [0.15, 0.2) is 0 Å². The molecule has 0 fully saturated rings. The van der Waals surface area contributed by atoms with Crippen LogP contribution < -0.4 is 4.72 Å².